The van der Waals surface area contributed by atoms with Crippen molar-refractivity contribution in [2.24, 2.45) is 11.1 Å². The molecule has 1 atom stereocenters. The van der Waals surface area contributed by atoms with Crippen LogP contribution in [0.3, 0.4) is 0 Å². The molecule has 1 saturated heterocycles. The molecule has 1 aromatic rings. The lowest BCUT2D eigenvalue weighted by Gasteiger charge is -2.33. The fourth-order valence-electron chi connectivity index (χ4n) is 3.72. The van der Waals surface area contributed by atoms with E-state index in [0.29, 0.717) is 18.3 Å². The van der Waals surface area contributed by atoms with Gasteiger partial charge in [0.25, 0.3) is 0 Å². The maximum atomic E-state index is 12.5. The highest BCUT2D eigenvalue weighted by Crippen LogP contribution is 2.36. The molecule has 2 heterocycles. The third-order valence-electron chi connectivity index (χ3n) is 5.12. The van der Waals surface area contributed by atoms with Gasteiger partial charge in [0.05, 0.1) is 0 Å². The number of aromatic nitrogens is 1. The number of carbonyl (C=O) groups is 1. The van der Waals surface area contributed by atoms with Gasteiger partial charge in [0, 0.05) is 31.9 Å². The average Bonchev–Trinajstić information content (AvgIpc) is 2.87. The number of nitrogens with two attached hydrogens (primary N) is 1. The van der Waals surface area contributed by atoms with Crippen LogP contribution in [0.5, 0.6) is 0 Å². The number of nitrogens with zero attached hydrogens (tertiary/aromatic N) is 3. The fourth-order valence-corrected chi connectivity index (χ4v) is 4.17. The molecule has 0 spiro atoms. The monoisotopic (exact) mass is 426 g/mol. The molecule has 0 aromatic carbocycles. The van der Waals surface area contributed by atoms with Crippen molar-refractivity contribution in [1.82, 2.24) is 9.88 Å². The van der Waals surface area contributed by atoms with Gasteiger partial charge in [-0.2, -0.15) is 0 Å². The topological polar surface area (TPSA) is 106 Å². The standard InChI is InChI=1S/C20H34N4O4S/c1-19(2,3)28-18(25)24-14-15(12-20(24,4)5)8-7-11-23(6)17-10-9-16(13-22-17)29(21,26)27/h9-10,13,15H,7-8,11-12,14H2,1-6H3,(H2,21,26,27). The molecule has 164 valence electrons. The van der Waals surface area contributed by atoms with Crippen molar-refractivity contribution in [3.63, 3.8) is 0 Å². The number of carbonyl (C=O) groups excluding carboxylic acids is 1. The summed E-state index contributed by atoms with van der Waals surface area (Å²) >= 11 is 0. The van der Waals surface area contributed by atoms with E-state index in [2.05, 4.69) is 18.8 Å². The summed E-state index contributed by atoms with van der Waals surface area (Å²) in [5, 5.41) is 5.10. The Kier molecular flexibility index (Phi) is 6.84. The van der Waals surface area contributed by atoms with Crippen molar-refractivity contribution >= 4 is 21.9 Å². The van der Waals surface area contributed by atoms with Gasteiger partial charge >= 0.3 is 6.09 Å². The van der Waals surface area contributed by atoms with Crippen LogP contribution in [0.2, 0.25) is 0 Å². The lowest BCUT2D eigenvalue weighted by molar-refractivity contribution is 0.0131. The molecule has 8 nitrogen and oxygen atoms in total. The Hall–Kier alpha value is -1.87. The zero-order valence-corrected chi connectivity index (χ0v) is 19.1. The van der Waals surface area contributed by atoms with Crippen molar-refractivity contribution in [2.45, 2.75) is 69.9 Å². The van der Waals surface area contributed by atoms with Crippen LogP contribution in [0.25, 0.3) is 0 Å². The van der Waals surface area contributed by atoms with Gasteiger partial charge in [0.15, 0.2) is 0 Å². The van der Waals surface area contributed by atoms with Crippen LogP contribution in [0.15, 0.2) is 23.2 Å². The van der Waals surface area contributed by atoms with Crippen LogP contribution in [0, 0.1) is 5.92 Å². The molecule has 0 saturated carbocycles. The molecule has 2 rings (SSSR count). The summed E-state index contributed by atoms with van der Waals surface area (Å²) in [4.78, 5) is 20.5. The highest BCUT2D eigenvalue weighted by atomic mass is 32.2. The number of amides is 1. The molecule has 1 aromatic heterocycles. The van der Waals surface area contributed by atoms with Crippen LogP contribution in [0.1, 0.15) is 53.9 Å². The lowest BCUT2D eigenvalue weighted by atomic mass is 9.93. The number of sulfonamides is 1. The van der Waals surface area contributed by atoms with Gasteiger partial charge in [-0.15, -0.1) is 0 Å². The number of hydrogen-bond donors (Lipinski definition) is 1. The zero-order chi connectivity index (χ0) is 22.0. The van der Waals surface area contributed by atoms with Crippen LogP contribution >= 0.6 is 0 Å². The molecule has 9 heteroatoms. The lowest BCUT2D eigenvalue weighted by Crippen LogP contribution is -2.45. The Balaban J connectivity index is 1.86. The van der Waals surface area contributed by atoms with E-state index in [-0.39, 0.29) is 16.5 Å². The molecule has 29 heavy (non-hydrogen) atoms. The zero-order valence-electron chi connectivity index (χ0n) is 18.3. The predicted octanol–water partition coefficient (Wildman–Crippen LogP) is 2.98. The molecule has 0 radical (unpaired) electrons. The van der Waals surface area contributed by atoms with Gasteiger partial charge in [-0.1, -0.05) is 0 Å². The molecule has 0 bridgehead atoms. The summed E-state index contributed by atoms with van der Waals surface area (Å²) in [5.41, 5.74) is -0.719. The fraction of sp³-hybridized carbons (Fsp3) is 0.700. The first-order valence-electron chi connectivity index (χ1n) is 9.90. The number of ether oxygens (including phenoxy) is 1. The van der Waals surface area contributed by atoms with Gasteiger partial charge in [0.2, 0.25) is 10.0 Å². The average molecular weight is 427 g/mol. The molecule has 1 aliphatic heterocycles. The van der Waals surface area contributed by atoms with Crippen molar-refractivity contribution in [3.8, 4) is 0 Å². The van der Waals surface area contributed by atoms with Gasteiger partial charge in [-0.3, -0.25) is 0 Å². The van der Waals surface area contributed by atoms with Crippen molar-refractivity contribution in [3.05, 3.63) is 18.3 Å². The van der Waals surface area contributed by atoms with Crippen molar-refractivity contribution in [1.29, 1.82) is 0 Å². The van der Waals surface area contributed by atoms with E-state index < -0.39 is 15.6 Å². The Morgan fingerprint density at radius 1 is 1.38 bits per heavy atom. The number of pyridine rings is 1. The largest absolute Gasteiger partial charge is 0.444 e. The molecule has 2 N–H and O–H groups in total. The van der Waals surface area contributed by atoms with Crippen LogP contribution in [-0.4, -0.2) is 55.7 Å². The Morgan fingerprint density at radius 2 is 2.03 bits per heavy atom. The normalized spacial score (nSPS) is 19.3. The second-order valence-corrected chi connectivity index (χ2v) is 11.0. The summed E-state index contributed by atoms with van der Waals surface area (Å²) in [7, 11) is -1.81. The summed E-state index contributed by atoms with van der Waals surface area (Å²) in [6, 6.07) is 3.12. The Labute approximate surface area is 174 Å². The van der Waals surface area contributed by atoms with Gasteiger partial charge in [-0.25, -0.2) is 23.3 Å². The second kappa shape index (κ2) is 8.47. The number of likely N-dealkylation sites (tertiary alicyclic amines) is 1. The minimum atomic E-state index is -3.73. The Morgan fingerprint density at radius 3 is 2.55 bits per heavy atom. The van der Waals surface area contributed by atoms with E-state index >= 15 is 0 Å². The maximum absolute atomic E-state index is 12.5. The number of rotatable bonds is 6. The summed E-state index contributed by atoms with van der Waals surface area (Å²) in [6.07, 6.45) is 3.90. The number of primary sulfonamides is 1. The first kappa shape index (κ1) is 23.4. The van der Waals surface area contributed by atoms with Crippen LogP contribution in [-0.2, 0) is 14.8 Å². The van der Waals surface area contributed by atoms with E-state index in [4.69, 9.17) is 9.88 Å². The third kappa shape index (κ3) is 6.57. The van der Waals surface area contributed by atoms with Crippen molar-refractivity contribution in [2.75, 3.05) is 25.0 Å². The van der Waals surface area contributed by atoms with E-state index in [1.54, 1.807) is 6.07 Å². The number of hydrogen-bond acceptors (Lipinski definition) is 6. The third-order valence-corrected chi connectivity index (χ3v) is 6.02. The summed E-state index contributed by atoms with van der Waals surface area (Å²) in [5.74, 6) is 1.11. The predicted molar refractivity (Wildman–Crippen MR) is 113 cm³/mol. The van der Waals surface area contributed by atoms with E-state index in [1.165, 1.54) is 12.3 Å². The molecule has 1 aliphatic rings. The molecule has 1 unspecified atom stereocenters. The number of anilines is 1. The smallest absolute Gasteiger partial charge is 0.410 e. The van der Waals surface area contributed by atoms with Gasteiger partial charge in [0.1, 0.15) is 16.3 Å². The van der Waals surface area contributed by atoms with E-state index in [1.807, 2.05) is 37.6 Å². The van der Waals surface area contributed by atoms with Crippen LogP contribution < -0.4 is 10.0 Å². The summed E-state index contributed by atoms with van der Waals surface area (Å²) in [6.45, 7) is 11.3. The van der Waals surface area contributed by atoms with Gasteiger partial charge < -0.3 is 14.5 Å². The van der Waals surface area contributed by atoms with Crippen molar-refractivity contribution < 1.29 is 17.9 Å². The second-order valence-electron chi connectivity index (χ2n) is 9.43. The highest BCUT2D eigenvalue weighted by molar-refractivity contribution is 7.89. The Bertz CT molecular complexity index is 816. The van der Waals surface area contributed by atoms with E-state index in [9.17, 15) is 13.2 Å². The minimum Gasteiger partial charge on any atom is -0.444 e. The van der Waals surface area contributed by atoms with Gasteiger partial charge in [-0.05, 0) is 71.9 Å². The first-order chi connectivity index (χ1) is 13.2. The highest BCUT2D eigenvalue weighted by Gasteiger charge is 2.42. The quantitative estimate of drug-likeness (QED) is 0.749. The summed E-state index contributed by atoms with van der Waals surface area (Å²) < 4.78 is 28.2. The maximum Gasteiger partial charge on any atom is 0.410 e. The SMILES string of the molecule is CN(CCCC1CN(C(=O)OC(C)(C)C)C(C)(C)C1)c1ccc(S(N)(=O)=O)cn1. The van der Waals surface area contributed by atoms with E-state index in [0.717, 1.165) is 25.8 Å². The molecule has 1 fully saturated rings. The molecule has 0 aliphatic carbocycles. The first-order valence-corrected chi connectivity index (χ1v) is 11.4. The molecule has 1 amide bonds. The minimum absolute atomic E-state index is 0.00470. The molecular weight excluding hydrogens is 392 g/mol. The molecular formula is C20H34N4O4S. The van der Waals surface area contributed by atoms with Crippen LogP contribution in [0.4, 0.5) is 10.6 Å².